The fourth-order valence-electron chi connectivity index (χ4n) is 3.47. The van der Waals surface area contributed by atoms with Gasteiger partial charge >= 0.3 is 0 Å². The maximum Gasteiger partial charge on any atom is 0.293 e. The van der Waals surface area contributed by atoms with Gasteiger partial charge in [-0.05, 0) is 31.4 Å². The molecule has 0 atom stereocenters. The Morgan fingerprint density at radius 3 is 2.56 bits per heavy atom. The number of piperidine rings is 1. The summed E-state index contributed by atoms with van der Waals surface area (Å²) in [4.78, 5) is 13.2. The number of sulfonamides is 1. The highest BCUT2D eigenvalue weighted by Gasteiger charge is 2.28. The van der Waals surface area contributed by atoms with Crippen molar-refractivity contribution in [1.82, 2.24) is 9.21 Å². The van der Waals surface area contributed by atoms with Crippen LogP contribution in [0.5, 0.6) is 0 Å². The summed E-state index contributed by atoms with van der Waals surface area (Å²) < 4.78 is 27.0. The number of benzene rings is 1. The zero-order chi connectivity index (χ0) is 19.3. The standard InChI is InChI=1S/C18H26N4O4S/c23-22(24)18-15-16(27(25,26)21-12-5-2-6-13-21)7-8-17(18)19-9-14-20-10-3-1-4-11-20/h1,3,7-8,15,19H,2,4-6,9-14H2. The summed E-state index contributed by atoms with van der Waals surface area (Å²) in [5.41, 5.74) is 0.150. The number of hydrogen-bond acceptors (Lipinski definition) is 6. The van der Waals surface area contributed by atoms with Gasteiger partial charge in [-0.3, -0.25) is 15.0 Å². The molecule has 1 aromatic rings. The molecule has 2 aliphatic rings. The van der Waals surface area contributed by atoms with Gasteiger partial charge in [-0.25, -0.2) is 8.42 Å². The van der Waals surface area contributed by atoms with Crippen molar-refractivity contribution in [2.24, 2.45) is 0 Å². The Balaban J connectivity index is 1.72. The fraction of sp³-hybridized carbons (Fsp3) is 0.556. The van der Waals surface area contributed by atoms with Crippen molar-refractivity contribution in [3.8, 4) is 0 Å². The monoisotopic (exact) mass is 394 g/mol. The second-order valence-corrected chi connectivity index (χ2v) is 8.83. The second kappa shape index (κ2) is 8.81. The number of nitro benzene ring substituents is 1. The molecule has 1 saturated heterocycles. The summed E-state index contributed by atoms with van der Waals surface area (Å²) in [6.07, 6.45) is 7.95. The Kier molecular flexibility index (Phi) is 6.46. The Labute approximate surface area is 160 Å². The lowest BCUT2D eigenvalue weighted by Gasteiger charge is -2.26. The van der Waals surface area contributed by atoms with Gasteiger partial charge in [0.15, 0.2) is 0 Å². The normalized spacial score (nSPS) is 19.1. The van der Waals surface area contributed by atoms with Gasteiger partial charge in [0, 0.05) is 45.3 Å². The van der Waals surface area contributed by atoms with Crippen LogP contribution in [0.2, 0.25) is 0 Å². The molecule has 9 heteroatoms. The molecule has 0 spiro atoms. The second-order valence-electron chi connectivity index (χ2n) is 6.89. The van der Waals surface area contributed by atoms with Gasteiger partial charge in [0.2, 0.25) is 10.0 Å². The van der Waals surface area contributed by atoms with Crippen LogP contribution < -0.4 is 5.32 Å². The summed E-state index contributed by atoms with van der Waals surface area (Å²) in [5, 5.41) is 14.6. The van der Waals surface area contributed by atoms with Crippen LogP contribution in [-0.4, -0.2) is 61.8 Å². The number of anilines is 1. The molecule has 1 aromatic carbocycles. The molecule has 148 valence electrons. The molecule has 0 bridgehead atoms. The van der Waals surface area contributed by atoms with Crippen molar-refractivity contribution in [3.05, 3.63) is 40.5 Å². The molecule has 8 nitrogen and oxygen atoms in total. The van der Waals surface area contributed by atoms with E-state index >= 15 is 0 Å². The van der Waals surface area contributed by atoms with Gasteiger partial charge in [0.05, 0.1) is 9.82 Å². The zero-order valence-corrected chi connectivity index (χ0v) is 16.2. The minimum atomic E-state index is -3.69. The molecule has 0 radical (unpaired) electrons. The molecule has 2 aliphatic heterocycles. The van der Waals surface area contributed by atoms with E-state index in [1.54, 1.807) is 0 Å². The summed E-state index contributed by atoms with van der Waals surface area (Å²) in [5.74, 6) is 0. The predicted octanol–water partition coefficient (Wildman–Crippen LogP) is 2.44. The Morgan fingerprint density at radius 1 is 1.11 bits per heavy atom. The lowest BCUT2D eigenvalue weighted by atomic mass is 10.2. The third-order valence-electron chi connectivity index (χ3n) is 5.00. The van der Waals surface area contributed by atoms with E-state index in [1.807, 2.05) is 0 Å². The van der Waals surface area contributed by atoms with E-state index in [4.69, 9.17) is 0 Å². The van der Waals surface area contributed by atoms with E-state index in [2.05, 4.69) is 22.4 Å². The maximum absolute atomic E-state index is 12.8. The van der Waals surface area contributed by atoms with Gasteiger partial charge in [-0.15, -0.1) is 0 Å². The first-order valence-electron chi connectivity index (χ1n) is 9.38. The highest BCUT2D eigenvalue weighted by Crippen LogP contribution is 2.29. The molecule has 2 heterocycles. The zero-order valence-electron chi connectivity index (χ0n) is 15.3. The van der Waals surface area contributed by atoms with Crippen LogP contribution in [0, 0.1) is 10.1 Å². The average molecular weight is 394 g/mol. The summed E-state index contributed by atoms with van der Waals surface area (Å²) in [6.45, 7) is 4.15. The van der Waals surface area contributed by atoms with Crippen LogP contribution in [0.3, 0.4) is 0 Å². The van der Waals surface area contributed by atoms with E-state index < -0.39 is 14.9 Å². The lowest BCUT2D eigenvalue weighted by molar-refractivity contribution is -0.384. The van der Waals surface area contributed by atoms with E-state index in [-0.39, 0.29) is 10.6 Å². The van der Waals surface area contributed by atoms with Gasteiger partial charge in [-0.1, -0.05) is 18.6 Å². The van der Waals surface area contributed by atoms with Crippen molar-refractivity contribution in [3.63, 3.8) is 0 Å². The highest BCUT2D eigenvalue weighted by atomic mass is 32.2. The minimum absolute atomic E-state index is 0.0113. The molecule has 0 amide bonds. The van der Waals surface area contributed by atoms with E-state index in [0.29, 0.717) is 25.3 Å². The SMILES string of the molecule is O=[N+]([O-])c1cc(S(=O)(=O)N2CCCCC2)ccc1NCCN1CC=CCC1. The van der Waals surface area contributed by atoms with Crippen molar-refractivity contribution >= 4 is 21.4 Å². The molecular weight excluding hydrogens is 368 g/mol. The summed E-state index contributed by atoms with van der Waals surface area (Å²) in [6, 6.07) is 4.14. The molecule has 0 aromatic heterocycles. The van der Waals surface area contributed by atoms with E-state index in [9.17, 15) is 18.5 Å². The van der Waals surface area contributed by atoms with Crippen LogP contribution in [0.1, 0.15) is 25.7 Å². The molecule has 3 rings (SSSR count). The van der Waals surface area contributed by atoms with Crippen LogP contribution in [0.4, 0.5) is 11.4 Å². The molecule has 0 unspecified atom stereocenters. The van der Waals surface area contributed by atoms with Crippen molar-refractivity contribution < 1.29 is 13.3 Å². The van der Waals surface area contributed by atoms with Gasteiger partial charge < -0.3 is 5.32 Å². The quantitative estimate of drug-likeness (QED) is 0.434. The van der Waals surface area contributed by atoms with Gasteiger partial charge in [0.25, 0.3) is 5.69 Å². The Bertz CT molecular complexity index is 804. The molecule has 27 heavy (non-hydrogen) atoms. The largest absolute Gasteiger partial charge is 0.378 e. The molecular formula is C18H26N4O4S. The van der Waals surface area contributed by atoms with E-state index in [1.165, 1.54) is 22.5 Å². The van der Waals surface area contributed by atoms with Crippen molar-refractivity contribution in [2.45, 2.75) is 30.6 Å². The molecule has 1 fully saturated rings. The number of nitrogens with zero attached hydrogens (tertiary/aromatic N) is 3. The third kappa shape index (κ3) is 4.85. The van der Waals surface area contributed by atoms with Crippen LogP contribution in [-0.2, 0) is 10.0 Å². The summed E-state index contributed by atoms with van der Waals surface area (Å²) >= 11 is 0. The first kappa shape index (κ1) is 19.8. The lowest BCUT2D eigenvalue weighted by Crippen LogP contribution is -2.35. The first-order chi connectivity index (χ1) is 13.0. The van der Waals surface area contributed by atoms with Gasteiger partial charge in [-0.2, -0.15) is 4.31 Å². The van der Waals surface area contributed by atoms with Crippen LogP contribution in [0.15, 0.2) is 35.2 Å². The molecule has 0 aliphatic carbocycles. The Hall–Kier alpha value is -1.97. The van der Waals surface area contributed by atoms with Crippen molar-refractivity contribution in [1.29, 1.82) is 0 Å². The smallest absolute Gasteiger partial charge is 0.293 e. The van der Waals surface area contributed by atoms with E-state index in [0.717, 1.165) is 45.3 Å². The number of nitro groups is 1. The maximum atomic E-state index is 12.8. The minimum Gasteiger partial charge on any atom is -0.378 e. The topological polar surface area (TPSA) is 95.8 Å². The fourth-order valence-corrected chi connectivity index (χ4v) is 5.01. The predicted molar refractivity (Wildman–Crippen MR) is 104 cm³/mol. The molecule has 1 N–H and O–H groups in total. The Morgan fingerprint density at radius 2 is 1.89 bits per heavy atom. The third-order valence-corrected chi connectivity index (χ3v) is 6.90. The van der Waals surface area contributed by atoms with Gasteiger partial charge in [0.1, 0.15) is 5.69 Å². The van der Waals surface area contributed by atoms with Crippen LogP contribution >= 0.6 is 0 Å². The summed E-state index contributed by atoms with van der Waals surface area (Å²) in [7, 11) is -3.69. The first-order valence-corrected chi connectivity index (χ1v) is 10.8. The highest BCUT2D eigenvalue weighted by molar-refractivity contribution is 7.89. The molecule has 0 saturated carbocycles. The van der Waals surface area contributed by atoms with Crippen LogP contribution in [0.25, 0.3) is 0 Å². The number of rotatable bonds is 7. The number of nitrogens with one attached hydrogen (secondary N) is 1. The number of hydrogen-bond donors (Lipinski definition) is 1. The average Bonchev–Trinajstić information content (AvgIpc) is 2.69. The van der Waals surface area contributed by atoms with Crippen molar-refractivity contribution in [2.75, 3.05) is 44.6 Å².